The van der Waals surface area contributed by atoms with Gasteiger partial charge in [0.15, 0.2) is 0 Å². The molecule has 49 heavy (non-hydrogen) atoms. The SMILES string of the molecule is COc1nc(-c2cccc(-c3ccnc(-c4ccc(CN5CC6(CNC(=O)C6)C5)c(F)c4)c3Cl)c2Cl)ccc1CN1CC2(CNC(=O)C2)C1. The van der Waals surface area contributed by atoms with Crippen LogP contribution >= 0.6 is 23.2 Å². The Bertz CT molecular complexity index is 2000. The van der Waals surface area contributed by atoms with Crippen LogP contribution in [0, 0.1) is 16.6 Å². The molecule has 4 saturated heterocycles. The maximum atomic E-state index is 15.4. The highest BCUT2D eigenvalue weighted by Crippen LogP contribution is 2.43. The monoisotopic (exact) mass is 700 g/mol. The van der Waals surface area contributed by atoms with Crippen LogP contribution in [-0.2, 0) is 22.7 Å². The molecule has 0 aliphatic carbocycles. The third kappa shape index (κ3) is 5.94. The van der Waals surface area contributed by atoms with Crippen molar-refractivity contribution in [2.24, 2.45) is 10.8 Å². The van der Waals surface area contributed by atoms with Crippen LogP contribution in [0.25, 0.3) is 33.6 Å². The van der Waals surface area contributed by atoms with Gasteiger partial charge in [-0.2, -0.15) is 0 Å². The number of halogens is 3. The lowest BCUT2D eigenvalue weighted by Crippen LogP contribution is -2.56. The number of nitrogens with zero attached hydrogens (tertiary/aromatic N) is 4. The Morgan fingerprint density at radius 1 is 0.816 bits per heavy atom. The van der Waals surface area contributed by atoms with Gasteiger partial charge in [0, 0.05) is 116 Å². The maximum absolute atomic E-state index is 15.4. The number of methoxy groups -OCH3 is 1. The Morgan fingerprint density at radius 3 is 2.04 bits per heavy atom. The van der Waals surface area contributed by atoms with E-state index in [-0.39, 0.29) is 28.5 Å². The molecular weight excluding hydrogens is 666 g/mol. The highest BCUT2D eigenvalue weighted by molar-refractivity contribution is 6.39. The molecule has 0 saturated carbocycles. The third-order valence-electron chi connectivity index (χ3n) is 10.3. The van der Waals surface area contributed by atoms with E-state index >= 15 is 4.39 Å². The second-order valence-corrected chi connectivity index (χ2v) is 14.8. The average Bonchev–Trinajstić information content (AvgIpc) is 3.65. The second kappa shape index (κ2) is 12.4. The molecule has 12 heteroatoms. The van der Waals surface area contributed by atoms with Gasteiger partial charge in [0.25, 0.3) is 0 Å². The summed E-state index contributed by atoms with van der Waals surface area (Å²) in [6, 6.07) is 16.5. The van der Waals surface area contributed by atoms with Crippen molar-refractivity contribution in [2.75, 3.05) is 46.4 Å². The van der Waals surface area contributed by atoms with Crippen LogP contribution in [0.4, 0.5) is 4.39 Å². The molecule has 2 amide bonds. The molecule has 4 aliphatic heterocycles. The van der Waals surface area contributed by atoms with Crippen molar-refractivity contribution >= 4 is 35.0 Å². The summed E-state index contributed by atoms with van der Waals surface area (Å²) in [5, 5.41) is 6.69. The number of hydrogen-bond donors (Lipinski definition) is 2. The zero-order valence-electron chi connectivity index (χ0n) is 27.0. The van der Waals surface area contributed by atoms with Gasteiger partial charge in [-0.05, 0) is 18.2 Å². The van der Waals surface area contributed by atoms with Crippen LogP contribution in [-0.4, -0.2) is 78.0 Å². The van der Waals surface area contributed by atoms with Crippen molar-refractivity contribution in [3.05, 3.63) is 87.8 Å². The predicted molar refractivity (Wildman–Crippen MR) is 186 cm³/mol. The Hall–Kier alpha value is -4.09. The quantitative estimate of drug-likeness (QED) is 0.248. The van der Waals surface area contributed by atoms with E-state index in [1.807, 2.05) is 36.4 Å². The van der Waals surface area contributed by atoms with Crippen LogP contribution in [0.3, 0.4) is 0 Å². The number of rotatable bonds is 8. The highest BCUT2D eigenvalue weighted by Gasteiger charge is 2.49. The van der Waals surface area contributed by atoms with Gasteiger partial charge in [-0.25, -0.2) is 9.37 Å². The molecule has 8 rings (SSSR count). The number of amides is 2. The summed E-state index contributed by atoms with van der Waals surface area (Å²) in [7, 11) is 1.61. The van der Waals surface area contributed by atoms with E-state index in [1.165, 1.54) is 6.07 Å². The van der Waals surface area contributed by atoms with E-state index in [1.54, 1.807) is 25.4 Å². The normalized spacial score (nSPS) is 19.5. The first-order valence-electron chi connectivity index (χ1n) is 16.4. The first kappa shape index (κ1) is 32.1. The molecule has 2 aromatic heterocycles. The first-order valence-corrected chi connectivity index (χ1v) is 17.1. The fourth-order valence-corrected chi connectivity index (χ4v) is 8.64. The minimum absolute atomic E-state index is 0.00916. The molecule has 4 aliphatic rings. The lowest BCUT2D eigenvalue weighted by molar-refractivity contribution is -0.121. The lowest BCUT2D eigenvalue weighted by atomic mass is 9.79. The Labute approximate surface area is 293 Å². The molecule has 4 aromatic rings. The summed E-state index contributed by atoms with van der Waals surface area (Å²) in [5.41, 5.74) is 5.36. The van der Waals surface area contributed by atoms with E-state index in [0.29, 0.717) is 82.0 Å². The van der Waals surface area contributed by atoms with Gasteiger partial charge in [-0.15, -0.1) is 0 Å². The fourth-order valence-electron chi connectivity index (χ4n) is 7.99. The largest absolute Gasteiger partial charge is 0.481 e. The van der Waals surface area contributed by atoms with Crippen LogP contribution < -0.4 is 15.4 Å². The summed E-state index contributed by atoms with van der Waals surface area (Å²) in [6.07, 6.45) is 2.77. The number of aromatic nitrogens is 2. The Balaban J connectivity index is 1.00. The second-order valence-electron chi connectivity index (χ2n) is 14.1. The Morgan fingerprint density at radius 2 is 1.43 bits per heavy atom. The number of carbonyl (C=O) groups is 2. The summed E-state index contributed by atoms with van der Waals surface area (Å²) in [6.45, 7) is 5.85. The zero-order valence-corrected chi connectivity index (χ0v) is 28.5. The van der Waals surface area contributed by atoms with Crippen LogP contribution in [0.15, 0.2) is 60.8 Å². The van der Waals surface area contributed by atoms with Gasteiger partial charge in [0.05, 0.1) is 28.5 Å². The number of pyridine rings is 2. The number of benzene rings is 2. The molecule has 4 fully saturated rings. The molecule has 2 N–H and O–H groups in total. The molecule has 252 valence electrons. The standard InChI is InChI=1S/C37H35Cl2FN6O3/c1-49-35-24(15-46-20-37(21-46)13-31(48)43-17-37)7-8-29(44-35)27-4-2-3-25(32(27)38)26-9-10-41-34(33(26)39)22-5-6-23(28(40)11-22)14-45-18-36(19-45)12-30(47)42-16-36/h2-11H,12-21H2,1H3,(H,42,47)(H,43,48). The van der Waals surface area contributed by atoms with Crippen molar-refractivity contribution in [3.8, 4) is 39.5 Å². The molecule has 6 heterocycles. The average molecular weight is 702 g/mol. The van der Waals surface area contributed by atoms with Gasteiger partial charge < -0.3 is 15.4 Å². The lowest BCUT2D eigenvalue weighted by Gasteiger charge is -2.47. The molecule has 2 aromatic carbocycles. The molecular formula is C37H35Cl2FN6O3. The van der Waals surface area contributed by atoms with E-state index in [9.17, 15) is 9.59 Å². The highest BCUT2D eigenvalue weighted by atomic mass is 35.5. The summed E-state index contributed by atoms with van der Waals surface area (Å²) in [4.78, 5) is 37.2. The molecule has 9 nitrogen and oxygen atoms in total. The van der Waals surface area contributed by atoms with Crippen molar-refractivity contribution in [1.82, 2.24) is 30.4 Å². The van der Waals surface area contributed by atoms with Crippen molar-refractivity contribution in [3.63, 3.8) is 0 Å². The molecule has 0 atom stereocenters. The number of nitrogens with one attached hydrogen (secondary N) is 2. The zero-order chi connectivity index (χ0) is 33.9. The number of carbonyl (C=O) groups excluding carboxylic acids is 2. The summed E-state index contributed by atoms with van der Waals surface area (Å²) < 4.78 is 21.1. The van der Waals surface area contributed by atoms with Gasteiger partial charge in [0.1, 0.15) is 5.82 Å². The van der Waals surface area contributed by atoms with E-state index in [2.05, 4.69) is 25.4 Å². The van der Waals surface area contributed by atoms with Crippen molar-refractivity contribution < 1.29 is 18.7 Å². The third-order valence-corrected chi connectivity index (χ3v) is 11.1. The van der Waals surface area contributed by atoms with Crippen LogP contribution in [0.2, 0.25) is 10.0 Å². The van der Waals surface area contributed by atoms with Crippen LogP contribution in [0.5, 0.6) is 5.88 Å². The minimum atomic E-state index is -0.329. The topological polar surface area (TPSA) is 99.7 Å². The predicted octanol–water partition coefficient (Wildman–Crippen LogP) is 5.58. The minimum Gasteiger partial charge on any atom is -0.481 e. The van der Waals surface area contributed by atoms with Gasteiger partial charge in [-0.3, -0.25) is 24.4 Å². The van der Waals surface area contributed by atoms with Crippen LogP contribution in [0.1, 0.15) is 24.0 Å². The van der Waals surface area contributed by atoms with Crippen molar-refractivity contribution in [2.45, 2.75) is 25.9 Å². The van der Waals surface area contributed by atoms with E-state index in [0.717, 1.165) is 43.9 Å². The smallest absolute Gasteiger partial charge is 0.220 e. The summed E-state index contributed by atoms with van der Waals surface area (Å²) >= 11 is 14.0. The number of likely N-dealkylation sites (tertiary alicyclic amines) is 2. The molecule has 0 unspecified atom stereocenters. The molecule has 0 bridgehead atoms. The Kier molecular flexibility index (Phi) is 8.10. The fraction of sp³-hybridized carbons (Fsp3) is 0.351. The molecule has 2 spiro atoms. The van der Waals surface area contributed by atoms with Gasteiger partial charge >= 0.3 is 0 Å². The maximum Gasteiger partial charge on any atom is 0.220 e. The summed E-state index contributed by atoms with van der Waals surface area (Å²) in [5.74, 6) is 0.415. The van der Waals surface area contributed by atoms with E-state index in [4.69, 9.17) is 32.9 Å². The van der Waals surface area contributed by atoms with E-state index < -0.39 is 0 Å². The van der Waals surface area contributed by atoms with Gasteiger partial charge in [-0.1, -0.05) is 59.6 Å². The van der Waals surface area contributed by atoms with Gasteiger partial charge in [0.2, 0.25) is 17.7 Å². The first-order chi connectivity index (χ1) is 23.6. The molecule has 0 radical (unpaired) electrons. The van der Waals surface area contributed by atoms with Crippen molar-refractivity contribution in [1.29, 1.82) is 0 Å². The number of hydrogen-bond acceptors (Lipinski definition) is 7. The number of ether oxygens (including phenoxy) is 1.